The molecule has 0 radical (unpaired) electrons. The molecule has 0 aliphatic rings. The molecule has 156 valence electrons. The quantitative estimate of drug-likeness (QED) is 0.482. The van der Waals surface area contributed by atoms with Crippen LogP contribution in [0.25, 0.3) is 0 Å². The maximum Gasteiger partial charge on any atom is 0.144 e. The first kappa shape index (κ1) is 21.9. The minimum Gasteiger partial charge on any atom is -0.506 e. The molecular weight excluding hydrogens is 446 g/mol. The second kappa shape index (κ2) is 9.32. The highest BCUT2D eigenvalue weighted by atomic mass is 79.9. The number of hydrogen-bond donors (Lipinski definition) is 2. The van der Waals surface area contributed by atoms with Crippen molar-refractivity contribution in [3.63, 3.8) is 0 Å². The molecule has 1 atom stereocenters. The van der Waals surface area contributed by atoms with Crippen LogP contribution in [0.15, 0.2) is 76.2 Å². The molecule has 2 N–H and O–H groups in total. The molecule has 3 aromatic rings. The van der Waals surface area contributed by atoms with Gasteiger partial charge in [-0.1, -0.05) is 42.5 Å². The summed E-state index contributed by atoms with van der Waals surface area (Å²) in [6.07, 6.45) is 1.56. The molecule has 3 aromatic carbocycles. The summed E-state index contributed by atoms with van der Waals surface area (Å²) in [6.45, 7) is 1.81. The average Bonchev–Trinajstić information content (AvgIpc) is 2.79. The minimum absolute atomic E-state index is 0.0894. The summed E-state index contributed by atoms with van der Waals surface area (Å²) in [5.41, 5.74) is 0.135. The number of rotatable bonds is 7. The molecule has 1 unspecified atom stereocenters. The molecule has 30 heavy (non-hydrogen) atoms. The summed E-state index contributed by atoms with van der Waals surface area (Å²) >= 11 is 3.31. The van der Waals surface area contributed by atoms with E-state index in [0.717, 1.165) is 0 Å². The van der Waals surface area contributed by atoms with Gasteiger partial charge in [0.15, 0.2) is 0 Å². The van der Waals surface area contributed by atoms with Gasteiger partial charge in [0.25, 0.3) is 0 Å². The van der Waals surface area contributed by atoms with Crippen LogP contribution >= 0.6 is 15.9 Å². The zero-order valence-electron chi connectivity index (χ0n) is 17.0. The number of nitrogens with zero attached hydrogens (tertiary/aromatic N) is 1. The Kier molecular flexibility index (Phi) is 6.80. The summed E-state index contributed by atoms with van der Waals surface area (Å²) < 4.78 is 11.6. The van der Waals surface area contributed by atoms with E-state index < -0.39 is 11.6 Å². The van der Waals surface area contributed by atoms with E-state index in [-0.39, 0.29) is 5.75 Å². The van der Waals surface area contributed by atoms with Crippen molar-refractivity contribution in [2.75, 3.05) is 14.2 Å². The minimum atomic E-state index is -1.54. The second-order valence-electron chi connectivity index (χ2n) is 6.80. The van der Waals surface area contributed by atoms with E-state index >= 15 is 0 Å². The van der Waals surface area contributed by atoms with Crippen molar-refractivity contribution in [1.29, 1.82) is 0 Å². The third-order valence-corrected chi connectivity index (χ3v) is 5.73. The average molecular weight is 470 g/mol. The van der Waals surface area contributed by atoms with Crippen LogP contribution in [0.5, 0.6) is 17.2 Å². The SMILES string of the molecule is COc1ccccc1C(O)(c1ccccc1OC)C(C)N=Cc1cccc(Br)c1O. The third kappa shape index (κ3) is 4.06. The van der Waals surface area contributed by atoms with E-state index in [1.807, 2.05) is 49.4 Å². The van der Waals surface area contributed by atoms with Crippen molar-refractivity contribution >= 4 is 22.1 Å². The standard InChI is InChI=1S/C24H24BrNO4/c1-16(26-15-17-9-8-12-20(25)23(17)27)24(28,18-10-4-6-13-21(18)29-2)19-11-5-7-14-22(19)30-3/h4-16,27-28H,1-3H3. The highest BCUT2D eigenvalue weighted by molar-refractivity contribution is 9.10. The molecule has 3 rings (SSSR count). The molecule has 0 saturated carbocycles. The highest BCUT2D eigenvalue weighted by Gasteiger charge is 2.42. The Labute approximate surface area is 184 Å². The summed E-state index contributed by atoms with van der Waals surface area (Å²) in [7, 11) is 3.13. The maximum absolute atomic E-state index is 12.1. The summed E-state index contributed by atoms with van der Waals surface area (Å²) in [6, 6.07) is 19.3. The summed E-state index contributed by atoms with van der Waals surface area (Å²) in [5.74, 6) is 1.17. The van der Waals surface area contributed by atoms with Crippen LogP contribution in [0, 0.1) is 0 Å². The van der Waals surface area contributed by atoms with Crippen molar-refractivity contribution < 1.29 is 19.7 Å². The molecule has 0 aromatic heterocycles. The van der Waals surface area contributed by atoms with Gasteiger partial charge in [0, 0.05) is 22.9 Å². The van der Waals surface area contributed by atoms with Crippen molar-refractivity contribution in [2.24, 2.45) is 4.99 Å². The molecule has 0 amide bonds. The molecule has 0 saturated heterocycles. The molecule has 0 aliphatic heterocycles. The highest BCUT2D eigenvalue weighted by Crippen LogP contribution is 2.43. The fourth-order valence-corrected chi connectivity index (χ4v) is 3.83. The normalized spacial score (nSPS) is 12.7. The van der Waals surface area contributed by atoms with E-state index in [4.69, 9.17) is 9.47 Å². The van der Waals surface area contributed by atoms with Gasteiger partial charge in [-0.3, -0.25) is 4.99 Å². The number of aliphatic imine (C=N–C) groups is 1. The van der Waals surface area contributed by atoms with Gasteiger partial charge in [0.1, 0.15) is 22.8 Å². The van der Waals surface area contributed by atoms with Crippen LogP contribution in [0.3, 0.4) is 0 Å². The van der Waals surface area contributed by atoms with Crippen LogP contribution in [-0.4, -0.2) is 36.7 Å². The lowest BCUT2D eigenvalue weighted by Crippen LogP contribution is -2.38. The predicted molar refractivity (Wildman–Crippen MR) is 122 cm³/mol. The number of ether oxygens (including phenoxy) is 2. The van der Waals surface area contributed by atoms with E-state index in [9.17, 15) is 10.2 Å². The Hall–Kier alpha value is -2.83. The van der Waals surface area contributed by atoms with Gasteiger partial charge in [-0.2, -0.15) is 0 Å². The first-order valence-corrected chi connectivity index (χ1v) is 10.2. The Morgan fingerprint density at radius 2 is 1.43 bits per heavy atom. The molecule has 5 nitrogen and oxygen atoms in total. The molecule has 0 heterocycles. The van der Waals surface area contributed by atoms with E-state index in [1.54, 1.807) is 44.7 Å². The lowest BCUT2D eigenvalue weighted by molar-refractivity contribution is 0.0538. The first-order chi connectivity index (χ1) is 14.4. The van der Waals surface area contributed by atoms with E-state index in [1.165, 1.54) is 0 Å². The predicted octanol–water partition coefficient (Wildman–Crippen LogP) is 4.92. The van der Waals surface area contributed by atoms with Crippen molar-refractivity contribution in [3.8, 4) is 17.2 Å². The van der Waals surface area contributed by atoms with Crippen LogP contribution < -0.4 is 9.47 Å². The topological polar surface area (TPSA) is 71.3 Å². The van der Waals surface area contributed by atoms with Gasteiger partial charge >= 0.3 is 0 Å². The monoisotopic (exact) mass is 469 g/mol. The van der Waals surface area contributed by atoms with Crippen molar-refractivity contribution in [2.45, 2.75) is 18.6 Å². The Bertz CT molecular complexity index is 1000. The van der Waals surface area contributed by atoms with Gasteiger partial charge in [0.2, 0.25) is 0 Å². The third-order valence-electron chi connectivity index (χ3n) is 5.10. The van der Waals surface area contributed by atoms with Crippen molar-refractivity contribution in [1.82, 2.24) is 0 Å². The lowest BCUT2D eigenvalue weighted by Gasteiger charge is -2.35. The summed E-state index contributed by atoms with van der Waals surface area (Å²) in [5, 5.41) is 22.4. The Morgan fingerprint density at radius 1 is 0.900 bits per heavy atom. The second-order valence-corrected chi connectivity index (χ2v) is 7.65. The van der Waals surface area contributed by atoms with Crippen LogP contribution in [0.1, 0.15) is 23.6 Å². The molecule has 0 spiro atoms. The summed E-state index contributed by atoms with van der Waals surface area (Å²) in [4.78, 5) is 4.61. The van der Waals surface area contributed by atoms with Gasteiger partial charge in [-0.15, -0.1) is 0 Å². The largest absolute Gasteiger partial charge is 0.506 e. The van der Waals surface area contributed by atoms with E-state index in [2.05, 4.69) is 20.9 Å². The fourth-order valence-electron chi connectivity index (χ4n) is 3.45. The van der Waals surface area contributed by atoms with Gasteiger partial charge in [0.05, 0.1) is 24.7 Å². The van der Waals surface area contributed by atoms with Gasteiger partial charge < -0.3 is 19.7 Å². The number of hydrogen-bond acceptors (Lipinski definition) is 5. The van der Waals surface area contributed by atoms with Gasteiger partial charge in [-0.25, -0.2) is 0 Å². The molecular formula is C24H24BrNO4. The van der Waals surface area contributed by atoms with Crippen LogP contribution in [-0.2, 0) is 5.60 Å². The van der Waals surface area contributed by atoms with Crippen molar-refractivity contribution in [3.05, 3.63) is 87.9 Å². The zero-order valence-corrected chi connectivity index (χ0v) is 18.6. The lowest BCUT2D eigenvalue weighted by atomic mass is 9.80. The first-order valence-electron chi connectivity index (χ1n) is 9.43. The maximum atomic E-state index is 12.1. The Morgan fingerprint density at radius 3 is 1.97 bits per heavy atom. The smallest absolute Gasteiger partial charge is 0.144 e. The van der Waals surface area contributed by atoms with Crippen LogP contribution in [0.2, 0.25) is 0 Å². The number of para-hydroxylation sites is 3. The van der Waals surface area contributed by atoms with E-state index in [0.29, 0.717) is 32.7 Å². The number of phenolic OH excluding ortho intramolecular Hbond substituents is 1. The number of halogens is 1. The fraction of sp³-hybridized carbons (Fsp3) is 0.208. The molecule has 6 heteroatoms. The van der Waals surface area contributed by atoms with Crippen LogP contribution in [0.4, 0.5) is 0 Å². The number of aromatic hydroxyl groups is 1. The molecule has 0 fully saturated rings. The number of phenols is 1. The molecule has 0 bridgehead atoms. The number of aliphatic hydroxyl groups is 1. The zero-order chi connectivity index (χ0) is 21.7. The Balaban J connectivity index is 2.16. The number of methoxy groups -OCH3 is 2. The van der Waals surface area contributed by atoms with Gasteiger partial charge in [-0.05, 0) is 47.1 Å². The molecule has 0 aliphatic carbocycles. The number of benzene rings is 3.